The van der Waals surface area contributed by atoms with Crippen LogP contribution >= 0.6 is 7.82 Å². The lowest BCUT2D eigenvalue weighted by molar-refractivity contribution is -0.870. The molecule has 0 fully saturated rings. The molecular weight excluding hydrogens is 918 g/mol. The molecule has 410 valence electrons. The normalized spacial score (nSPS) is 14.2. The van der Waals surface area contributed by atoms with Crippen molar-refractivity contribution in [2.45, 2.75) is 213 Å². The number of phosphoric ester groups is 1. The van der Waals surface area contributed by atoms with Gasteiger partial charge in [-0.15, -0.1) is 0 Å². The highest BCUT2D eigenvalue weighted by Crippen LogP contribution is 2.38. The lowest BCUT2D eigenvalue weighted by Gasteiger charge is -2.28. The van der Waals surface area contributed by atoms with Gasteiger partial charge in [0.2, 0.25) is 0 Å². The highest BCUT2D eigenvalue weighted by Gasteiger charge is 2.21. The summed E-state index contributed by atoms with van der Waals surface area (Å²) in [5.74, 6) is -0.868. The standard InChI is InChI=1S/C62H104NO8P/c1-6-8-10-12-14-16-18-20-22-24-25-26-27-28-29-30-31-32-33-34-35-36-37-39-41-43-45-47-49-51-53-55-62(65)71-60(59-70-72(66,67)69-57-56-63(3,4)5)58-68-61(64)54-52-50-48-46-44-42-40-38-23-21-19-17-15-13-11-9-7-2/h8,10,14-17,20-23,25-26,28-29,31-32,34-35,37,39,60H,6-7,9,11-13,18-19,24,27,30,33,36,38,40-59H2,1-5H3/b10-8-,16-14-,17-15-,22-20-,23-21-,26-25-,29-28-,32-31-,35-34-,39-37-. The van der Waals surface area contributed by atoms with Gasteiger partial charge in [-0.1, -0.05) is 206 Å². The van der Waals surface area contributed by atoms with Gasteiger partial charge in [0.05, 0.1) is 27.7 Å². The fraction of sp³-hybridized carbons (Fsp3) is 0.645. The van der Waals surface area contributed by atoms with Crippen molar-refractivity contribution in [1.29, 1.82) is 0 Å². The van der Waals surface area contributed by atoms with Crippen LogP contribution in [0.4, 0.5) is 0 Å². The topological polar surface area (TPSA) is 111 Å². The molecule has 0 aromatic rings. The van der Waals surface area contributed by atoms with Gasteiger partial charge in [-0.25, -0.2) is 0 Å². The number of unbranched alkanes of at least 4 members (excludes halogenated alkanes) is 16. The Morgan fingerprint density at radius 3 is 1.18 bits per heavy atom. The molecule has 2 atom stereocenters. The molecule has 0 bridgehead atoms. The first-order valence-electron chi connectivity index (χ1n) is 28.2. The summed E-state index contributed by atoms with van der Waals surface area (Å²) < 4.78 is 34.1. The van der Waals surface area contributed by atoms with Crippen molar-refractivity contribution in [2.24, 2.45) is 0 Å². The van der Waals surface area contributed by atoms with Crippen LogP contribution in [0.2, 0.25) is 0 Å². The average molecular weight is 1020 g/mol. The molecule has 0 aliphatic carbocycles. The van der Waals surface area contributed by atoms with Crippen LogP contribution in [0.3, 0.4) is 0 Å². The van der Waals surface area contributed by atoms with E-state index in [1.165, 1.54) is 44.9 Å². The fourth-order valence-electron chi connectivity index (χ4n) is 7.11. The summed E-state index contributed by atoms with van der Waals surface area (Å²) in [6.07, 6.45) is 73.8. The van der Waals surface area contributed by atoms with Crippen molar-refractivity contribution in [3.63, 3.8) is 0 Å². The Hall–Kier alpha value is -3.59. The molecule has 0 heterocycles. The van der Waals surface area contributed by atoms with Gasteiger partial charge in [-0.3, -0.25) is 14.2 Å². The largest absolute Gasteiger partial charge is 0.756 e. The summed E-state index contributed by atoms with van der Waals surface area (Å²) in [6, 6.07) is 0. The van der Waals surface area contributed by atoms with E-state index in [1.54, 1.807) is 0 Å². The Morgan fingerprint density at radius 1 is 0.444 bits per heavy atom. The van der Waals surface area contributed by atoms with E-state index in [2.05, 4.69) is 135 Å². The number of hydrogen-bond acceptors (Lipinski definition) is 8. The Balaban J connectivity index is 4.26. The second-order valence-corrected chi connectivity index (χ2v) is 21.0. The van der Waals surface area contributed by atoms with E-state index >= 15 is 0 Å². The number of quaternary nitrogens is 1. The van der Waals surface area contributed by atoms with Crippen molar-refractivity contribution in [3.8, 4) is 0 Å². The number of nitrogens with zero attached hydrogens (tertiary/aromatic N) is 1. The van der Waals surface area contributed by atoms with E-state index in [-0.39, 0.29) is 26.1 Å². The number of hydrogen-bond donors (Lipinski definition) is 0. The predicted octanol–water partition coefficient (Wildman–Crippen LogP) is 17.0. The van der Waals surface area contributed by atoms with E-state index in [4.69, 9.17) is 18.5 Å². The van der Waals surface area contributed by atoms with Gasteiger partial charge in [0.25, 0.3) is 7.82 Å². The molecule has 0 spiro atoms. The Bertz CT molecular complexity index is 1630. The van der Waals surface area contributed by atoms with Gasteiger partial charge in [0.1, 0.15) is 19.8 Å². The average Bonchev–Trinajstić information content (AvgIpc) is 3.34. The lowest BCUT2D eigenvalue weighted by Crippen LogP contribution is -2.37. The monoisotopic (exact) mass is 1020 g/mol. The van der Waals surface area contributed by atoms with E-state index in [0.717, 1.165) is 122 Å². The Morgan fingerprint density at radius 2 is 0.792 bits per heavy atom. The number of likely N-dealkylation sites (N-methyl/N-ethyl adjacent to an activating group) is 1. The van der Waals surface area contributed by atoms with Crippen LogP contribution in [-0.4, -0.2) is 70.0 Å². The summed E-state index contributed by atoms with van der Waals surface area (Å²) in [7, 11) is 1.13. The molecule has 72 heavy (non-hydrogen) atoms. The van der Waals surface area contributed by atoms with Crippen molar-refractivity contribution >= 4 is 19.8 Å². The molecule has 9 nitrogen and oxygen atoms in total. The van der Waals surface area contributed by atoms with Crippen molar-refractivity contribution in [3.05, 3.63) is 122 Å². The van der Waals surface area contributed by atoms with Crippen molar-refractivity contribution in [1.82, 2.24) is 0 Å². The summed E-state index contributed by atoms with van der Waals surface area (Å²) in [4.78, 5) is 37.8. The SMILES string of the molecule is CC/C=C\C/C=C\C/C=C\C/C=C\C/C=C\C/C=C\C/C=C\C/C=C\CCCCCCCCC(=O)OC(COC(=O)CCCCCCCCC/C=C\C/C=C\CCCCC)COP(=O)([O-])OCC[N+](C)(C)C. The molecule has 0 aliphatic heterocycles. The minimum absolute atomic E-state index is 0.0421. The summed E-state index contributed by atoms with van der Waals surface area (Å²) in [5, 5.41) is 0. The number of esters is 2. The van der Waals surface area contributed by atoms with E-state index in [9.17, 15) is 19.0 Å². The van der Waals surface area contributed by atoms with Gasteiger partial charge in [-0.05, 0) is 109 Å². The fourth-order valence-corrected chi connectivity index (χ4v) is 7.84. The Kier molecular flexibility index (Phi) is 49.7. The third-order valence-corrected chi connectivity index (χ3v) is 12.4. The third kappa shape index (κ3) is 55.7. The molecule has 0 aromatic heterocycles. The molecule has 0 aliphatic rings. The summed E-state index contributed by atoms with van der Waals surface area (Å²) in [6.45, 7) is 4.05. The molecular formula is C62H104NO8P. The Labute approximate surface area is 441 Å². The first-order chi connectivity index (χ1) is 35.0. The highest BCUT2D eigenvalue weighted by molar-refractivity contribution is 7.45. The number of phosphoric acid groups is 1. The minimum Gasteiger partial charge on any atom is -0.756 e. The number of ether oxygens (including phenoxy) is 2. The van der Waals surface area contributed by atoms with Gasteiger partial charge in [-0.2, -0.15) is 0 Å². The van der Waals surface area contributed by atoms with Crippen LogP contribution in [-0.2, 0) is 32.7 Å². The summed E-state index contributed by atoms with van der Waals surface area (Å²) >= 11 is 0. The molecule has 0 saturated heterocycles. The van der Waals surface area contributed by atoms with E-state index < -0.39 is 32.5 Å². The predicted molar refractivity (Wildman–Crippen MR) is 305 cm³/mol. The first kappa shape index (κ1) is 68.4. The second kappa shape index (κ2) is 52.3. The zero-order chi connectivity index (χ0) is 52.7. The van der Waals surface area contributed by atoms with Crippen LogP contribution in [0.1, 0.15) is 206 Å². The first-order valence-corrected chi connectivity index (χ1v) is 29.7. The lowest BCUT2D eigenvalue weighted by atomic mass is 10.1. The van der Waals surface area contributed by atoms with Crippen LogP contribution in [0.5, 0.6) is 0 Å². The smallest absolute Gasteiger partial charge is 0.306 e. The highest BCUT2D eigenvalue weighted by atomic mass is 31.2. The van der Waals surface area contributed by atoms with Crippen molar-refractivity contribution in [2.75, 3.05) is 47.5 Å². The molecule has 0 amide bonds. The number of carbonyl (C=O) groups is 2. The maximum absolute atomic E-state index is 12.8. The van der Waals surface area contributed by atoms with E-state index in [0.29, 0.717) is 23.9 Å². The molecule has 0 rings (SSSR count). The van der Waals surface area contributed by atoms with Gasteiger partial charge in [0.15, 0.2) is 6.10 Å². The maximum atomic E-state index is 12.8. The van der Waals surface area contributed by atoms with Crippen LogP contribution in [0, 0.1) is 0 Å². The molecule has 2 unspecified atom stereocenters. The number of carbonyl (C=O) groups excluding carboxylic acids is 2. The minimum atomic E-state index is -4.65. The van der Waals surface area contributed by atoms with Gasteiger partial charge >= 0.3 is 11.9 Å². The summed E-state index contributed by atoms with van der Waals surface area (Å²) in [5.41, 5.74) is 0. The van der Waals surface area contributed by atoms with Crippen LogP contribution in [0.25, 0.3) is 0 Å². The van der Waals surface area contributed by atoms with Crippen molar-refractivity contribution < 1.29 is 42.1 Å². The second-order valence-electron chi connectivity index (χ2n) is 19.6. The third-order valence-electron chi connectivity index (χ3n) is 11.5. The molecule has 10 heteroatoms. The van der Waals surface area contributed by atoms with E-state index in [1.807, 2.05) is 21.1 Å². The zero-order valence-electron chi connectivity index (χ0n) is 46.3. The van der Waals surface area contributed by atoms with Gasteiger partial charge < -0.3 is 27.9 Å². The molecule has 0 saturated carbocycles. The number of rotatable bonds is 50. The van der Waals surface area contributed by atoms with Crippen LogP contribution < -0.4 is 4.89 Å². The zero-order valence-corrected chi connectivity index (χ0v) is 47.2. The molecule has 0 N–H and O–H groups in total. The number of allylic oxidation sites excluding steroid dienone is 20. The quantitative estimate of drug-likeness (QED) is 0.0195. The molecule has 0 aromatic carbocycles. The maximum Gasteiger partial charge on any atom is 0.306 e. The van der Waals surface area contributed by atoms with Crippen LogP contribution in [0.15, 0.2) is 122 Å². The van der Waals surface area contributed by atoms with Gasteiger partial charge in [0, 0.05) is 12.8 Å². The molecule has 0 radical (unpaired) electrons.